The normalized spacial score (nSPS) is 16.2. The monoisotopic (exact) mass is 350 g/mol. The highest BCUT2D eigenvalue weighted by Gasteiger charge is 2.42. The molecule has 24 heavy (non-hydrogen) atoms. The zero-order chi connectivity index (χ0) is 16.1. The van der Waals surface area contributed by atoms with Gasteiger partial charge >= 0.3 is 0 Å². The molecular formula is C17H23ClN4O2. The summed E-state index contributed by atoms with van der Waals surface area (Å²) in [5, 5.41) is 10.7. The van der Waals surface area contributed by atoms with Crippen molar-refractivity contribution in [2.24, 2.45) is 0 Å². The van der Waals surface area contributed by atoms with Crippen molar-refractivity contribution in [3.63, 3.8) is 0 Å². The van der Waals surface area contributed by atoms with Gasteiger partial charge in [0, 0.05) is 25.2 Å². The van der Waals surface area contributed by atoms with E-state index in [4.69, 9.17) is 4.74 Å². The number of nitrogens with one attached hydrogen (secondary N) is 2. The Kier molecular flexibility index (Phi) is 6.36. The van der Waals surface area contributed by atoms with Crippen LogP contribution < -0.4 is 10.6 Å². The Morgan fingerprint density at radius 1 is 1.38 bits per heavy atom. The largest absolute Gasteiger partial charge is 0.380 e. The van der Waals surface area contributed by atoms with Crippen molar-refractivity contribution < 1.29 is 9.53 Å². The number of benzene rings is 1. The Bertz CT molecular complexity index is 654. The van der Waals surface area contributed by atoms with Gasteiger partial charge in [-0.15, -0.1) is 12.4 Å². The van der Waals surface area contributed by atoms with Crippen LogP contribution in [0.4, 0.5) is 5.69 Å². The summed E-state index contributed by atoms with van der Waals surface area (Å²) in [5.41, 5.74) is 1.19. The molecule has 6 nitrogen and oxygen atoms in total. The van der Waals surface area contributed by atoms with Gasteiger partial charge in [0.1, 0.15) is 5.54 Å². The smallest absolute Gasteiger partial charge is 0.252 e. The molecule has 7 heteroatoms. The maximum atomic E-state index is 13.0. The van der Waals surface area contributed by atoms with Crippen LogP contribution in [-0.4, -0.2) is 35.9 Å². The molecule has 2 N–H and O–H groups in total. The van der Waals surface area contributed by atoms with Crippen LogP contribution in [0.25, 0.3) is 0 Å². The molecule has 1 aliphatic rings. The number of ether oxygens (including phenoxy) is 1. The molecule has 1 aromatic carbocycles. The quantitative estimate of drug-likeness (QED) is 0.867. The van der Waals surface area contributed by atoms with Crippen LogP contribution in [0.1, 0.15) is 18.4 Å². The first-order valence-corrected chi connectivity index (χ1v) is 7.85. The number of rotatable bonds is 5. The van der Waals surface area contributed by atoms with Crippen molar-refractivity contribution in [2.45, 2.75) is 25.0 Å². The first kappa shape index (κ1) is 18.4. The van der Waals surface area contributed by atoms with Crippen LogP contribution in [-0.2, 0) is 21.7 Å². The van der Waals surface area contributed by atoms with Gasteiger partial charge in [-0.05, 0) is 49.7 Å². The Hall–Kier alpha value is -1.89. The molecule has 0 aliphatic carbocycles. The van der Waals surface area contributed by atoms with E-state index in [0.717, 1.165) is 37.2 Å². The van der Waals surface area contributed by atoms with Crippen molar-refractivity contribution in [2.75, 3.05) is 25.5 Å². The standard InChI is InChI=1S/C17H22N4O2.ClH/c1-23-13-14-4-2-5-15(12-14)20-16(22)17(6-9-18-10-7-17)21-11-3-8-19-21;/h2-5,8,11-12,18H,6-7,9-10,13H2,1H3,(H,20,22);1H. The molecule has 1 aliphatic heterocycles. The summed E-state index contributed by atoms with van der Waals surface area (Å²) in [6.07, 6.45) is 5.03. The van der Waals surface area contributed by atoms with Crippen molar-refractivity contribution in [1.29, 1.82) is 0 Å². The van der Waals surface area contributed by atoms with E-state index < -0.39 is 5.54 Å². The average molecular weight is 351 g/mol. The van der Waals surface area contributed by atoms with E-state index in [2.05, 4.69) is 15.7 Å². The second-order valence-electron chi connectivity index (χ2n) is 5.82. The number of aromatic nitrogens is 2. The minimum absolute atomic E-state index is 0. The van der Waals surface area contributed by atoms with E-state index in [0.29, 0.717) is 6.61 Å². The minimum atomic E-state index is -0.633. The molecule has 0 bridgehead atoms. The van der Waals surface area contributed by atoms with Gasteiger partial charge in [0.15, 0.2) is 0 Å². The molecule has 0 saturated carbocycles. The van der Waals surface area contributed by atoms with E-state index in [1.54, 1.807) is 18.0 Å². The van der Waals surface area contributed by atoms with E-state index in [1.165, 1.54) is 0 Å². The van der Waals surface area contributed by atoms with Crippen LogP contribution in [0.2, 0.25) is 0 Å². The topological polar surface area (TPSA) is 68.2 Å². The molecule has 1 fully saturated rings. The number of nitrogens with zero attached hydrogens (tertiary/aromatic N) is 2. The molecule has 0 radical (unpaired) electrons. The summed E-state index contributed by atoms with van der Waals surface area (Å²) in [7, 11) is 1.66. The number of amides is 1. The van der Waals surface area contributed by atoms with Crippen molar-refractivity contribution >= 4 is 24.0 Å². The summed E-state index contributed by atoms with van der Waals surface area (Å²) < 4.78 is 6.94. The van der Waals surface area contributed by atoms with Gasteiger partial charge in [-0.3, -0.25) is 9.48 Å². The van der Waals surface area contributed by atoms with Gasteiger partial charge in [-0.1, -0.05) is 12.1 Å². The first-order valence-electron chi connectivity index (χ1n) is 7.85. The average Bonchev–Trinajstić information content (AvgIpc) is 3.11. The number of hydrogen-bond donors (Lipinski definition) is 2. The molecule has 0 spiro atoms. The van der Waals surface area contributed by atoms with Gasteiger partial charge in [0.25, 0.3) is 5.91 Å². The number of anilines is 1. The molecule has 0 unspecified atom stereocenters. The summed E-state index contributed by atoms with van der Waals surface area (Å²) in [6, 6.07) is 9.60. The second-order valence-corrected chi connectivity index (χ2v) is 5.82. The maximum Gasteiger partial charge on any atom is 0.252 e. The van der Waals surface area contributed by atoms with Gasteiger partial charge in [0.05, 0.1) is 6.61 Å². The predicted molar refractivity (Wildman–Crippen MR) is 95.3 cm³/mol. The summed E-state index contributed by atoms with van der Waals surface area (Å²) in [4.78, 5) is 13.0. The van der Waals surface area contributed by atoms with Gasteiger partial charge < -0.3 is 15.4 Å². The highest BCUT2D eigenvalue weighted by Crippen LogP contribution is 2.28. The van der Waals surface area contributed by atoms with Crippen LogP contribution in [0, 0.1) is 0 Å². The highest BCUT2D eigenvalue weighted by molar-refractivity contribution is 5.96. The van der Waals surface area contributed by atoms with Crippen molar-refractivity contribution in [3.05, 3.63) is 48.3 Å². The first-order chi connectivity index (χ1) is 11.2. The van der Waals surface area contributed by atoms with Crippen LogP contribution >= 0.6 is 12.4 Å². The molecule has 1 aromatic heterocycles. The lowest BCUT2D eigenvalue weighted by Crippen LogP contribution is -2.52. The molecule has 2 aromatic rings. The third kappa shape index (κ3) is 3.77. The molecule has 1 amide bonds. The van der Waals surface area contributed by atoms with Crippen LogP contribution in [0.15, 0.2) is 42.7 Å². The predicted octanol–water partition coefficient (Wildman–Crippen LogP) is 2.17. The number of halogens is 1. The molecule has 1 saturated heterocycles. The lowest BCUT2D eigenvalue weighted by molar-refractivity contribution is -0.126. The van der Waals surface area contributed by atoms with Gasteiger partial charge in [-0.2, -0.15) is 5.10 Å². The van der Waals surface area contributed by atoms with E-state index >= 15 is 0 Å². The highest BCUT2D eigenvalue weighted by atomic mass is 35.5. The Morgan fingerprint density at radius 3 is 2.83 bits per heavy atom. The number of hydrogen-bond acceptors (Lipinski definition) is 4. The SMILES string of the molecule is COCc1cccc(NC(=O)C2(n3cccn3)CCNCC2)c1.Cl. The zero-order valence-corrected chi connectivity index (χ0v) is 14.5. The summed E-state index contributed by atoms with van der Waals surface area (Å²) in [5.74, 6) is -0.0164. The Balaban J connectivity index is 0.00000208. The Morgan fingerprint density at radius 2 is 2.17 bits per heavy atom. The van der Waals surface area contributed by atoms with E-state index in [-0.39, 0.29) is 18.3 Å². The maximum absolute atomic E-state index is 13.0. The number of carbonyl (C=O) groups is 1. The lowest BCUT2D eigenvalue weighted by Gasteiger charge is -2.36. The summed E-state index contributed by atoms with van der Waals surface area (Å²) >= 11 is 0. The number of carbonyl (C=O) groups excluding carboxylic acids is 1. The van der Waals surface area contributed by atoms with Crippen LogP contribution in [0.5, 0.6) is 0 Å². The molecule has 130 valence electrons. The third-order valence-electron chi connectivity index (χ3n) is 4.29. The lowest BCUT2D eigenvalue weighted by atomic mass is 9.87. The number of methoxy groups -OCH3 is 1. The van der Waals surface area contributed by atoms with Crippen molar-refractivity contribution in [1.82, 2.24) is 15.1 Å². The fraction of sp³-hybridized carbons (Fsp3) is 0.412. The van der Waals surface area contributed by atoms with Crippen molar-refractivity contribution in [3.8, 4) is 0 Å². The molecule has 3 rings (SSSR count). The minimum Gasteiger partial charge on any atom is -0.380 e. The fourth-order valence-corrected chi connectivity index (χ4v) is 3.08. The fourth-order valence-electron chi connectivity index (χ4n) is 3.08. The zero-order valence-electron chi connectivity index (χ0n) is 13.7. The second kappa shape index (κ2) is 8.28. The third-order valence-corrected chi connectivity index (χ3v) is 4.29. The number of piperidine rings is 1. The van der Waals surface area contributed by atoms with Gasteiger partial charge in [-0.25, -0.2) is 0 Å². The Labute approximate surface area is 148 Å². The molecule has 0 atom stereocenters. The molecule has 2 heterocycles. The van der Waals surface area contributed by atoms with Gasteiger partial charge in [0.2, 0.25) is 0 Å². The van der Waals surface area contributed by atoms with E-state index in [9.17, 15) is 4.79 Å². The summed E-state index contributed by atoms with van der Waals surface area (Å²) in [6.45, 7) is 2.13. The molecular weight excluding hydrogens is 328 g/mol. The van der Waals surface area contributed by atoms with Crippen LogP contribution in [0.3, 0.4) is 0 Å². The van der Waals surface area contributed by atoms with E-state index in [1.807, 2.05) is 36.5 Å².